The average Bonchev–Trinajstić information content (AvgIpc) is 2.85. The van der Waals surface area contributed by atoms with Crippen LogP contribution >= 0.6 is 27.3 Å². The molecule has 2 aromatic rings. The van der Waals surface area contributed by atoms with Crippen molar-refractivity contribution in [3.63, 3.8) is 0 Å². The average molecular weight is 342 g/mol. The molecule has 0 saturated carbocycles. The molecule has 0 bridgehead atoms. The van der Waals surface area contributed by atoms with Crippen LogP contribution in [0.25, 0.3) is 0 Å². The van der Waals surface area contributed by atoms with Gasteiger partial charge in [-0.15, -0.1) is 11.3 Å². The van der Waals surface area contributed by atoms with Crippen LogP contribution in [0, 0.1) is 0 Å². The minimum absolute atomic E-state index is 0.206. The smallest absolute Gasteiger partial charge is 0.142 e. The van der Waals surface area contributed by atoms with E-state index in [1.807, 2.05) is 18.2 Å². The van der Waals surface area contributed by atoms with E-state index in [1.54, 1.807) is 25.6 Å². The molecule has 0 amide bonds. The first-order valence-electron chi connectivity index (χ1n) is 5.86. The molecule has 19 heavy (non-hydrogen) atoms. The minimum atomic E-state index is 0.206. The Morgan fingerprint density at radius 3 is 2.58 bits per heavy atom. The van der Waals surface area contributed by atoms with Crippen LogP contribution in [-0.2, 0) is 0 Å². The first-order valence-corrected chi connectivity index (χ1v) is 7.53. The monoisotopic (exact) mass is 341 g/mol. The number of benzene rings is 1. The molecular formula is C14H16BrNO2S. The highest BCUT2D eigenvalue weighted by Gasteiger charge is 2.11. The second-order valence-corrected chi connectivity index (χ2v) is 5.96. The molecule has 1 atom stereocenters. The molecule has 3 nitrogen and oxygen atoms in total. The summed E-state index contributed by atoms with van der Waals surface area (Å²) in [5.74, 6) is 1.62. The van der Waals surface area contributed by atoms with Crippen LogP contribution in [0.5, 0.6) is 11.5 Å². The number of ether oxygens (including phenoxy) is 2. The van der Waals surface area contributed by atoms with Gasteiger partial charge < -0.3 is 14.8 Å². The molecule has 0 spiro atoms. The molecule has 102 valence electrons. The van der Waals surface area contributed by atoms with Gasteiger partial charge in [-0.25, -0.2) is 0 Å². The standard InChI is InChI=1S/C14H16BrNO2S/c1-9(14-6-10(15)8-19-14)16-12-7-11(17-2)4-5-13(12)18-3/h4-9,16H,1-3H3. The van der Waals surface area contributed by atoms with Crippen LogP contribution in [0.4, 0.5) is 5.69 Å². The third-order valence-electron chi connectivity index (χ3n) is 2.79. The quantitative estimate of drug-likeness (QED) is 0.854. The van der Waals surface area contributed by atoms with E-state index in [0.29, 0.717) is 0 Å². The van der Waals surface area contributed by atoms with Crippen molar-refractivity contribution in [1.29, 1.82) is 0 Å². The molecule has 1 aromatic carbocycles. The number of hydrogen-bond donors (Lipinski definition) is 1. The molecule has 0 saturated heterocycles. The van der Waals surface area contributed by atoms with Gasteiger partial charge in [0.05, 0.1) is 25.9 Å². The maximum absolute atomic E-state index is 5.36. The predicted octanol–water partition coefficient (Wildman–Crippen LogP) is 4.70. The normalized spacial score (nSPS) is 12.0. The second kappa shape index (κ2) is 6.30. The maximum atomic E-state index is 5.36. The van der Waals surface area contributed by atoms with Gasteiger partial charge in [-0.1, -0.05) is 0 Å². The minimum Gasteiger partial charge on any atom is -0.497 e. The van der Waals surface area contributed by atoms with Crippen molar-refractivity contribution in [3.05, 3.63) is 39.0 Å². The Kier molecular flexibility index (Phi) is 4.71. The molecule has 0 fully saturated rings. The number of nitrogens with one attached hydrogen (secondary N) is 1. The van der Waals surface area contributed by atoms with Gasteiger partial charge in [0, 0.05) is 20.8 Å². The third kappa shape index (κ3) is 3.42. The van der Waals surface area contributed by atoms with E-state index < -0.39 is 0 Å². The van der Waals surface area contributed by atoms with Gasteiger partial charge in [-0.2, -0.15) is 0 Å². The van der Waals surface area contributed by atoms with E-state index in [9.17, 15) is 0 Å². The van der Waals surface area contributed by atoms with Crippen LogP contribution in [0.2, 0.25) is 0 Å². The Morgan fingerprint density at radius 1 is 1.21 bits per heavy atom. The molecule has 0 aliphatic carbocycles. The molecule has 0 aliphatic heterocycles. The Morgan fingerprint density at radius 2 is 2.00 bits per heavy atom. The zero-order valence-electron chi connectivity index (χ0n) is 11.1. The first-order chi connectivity index (χ1) is 9.13. The van der Waals surface area contributed by atoms with Gasteiger partial charge in [0.2, 0.25) is 0 Å². The zero-order chi connectivity index (χ0) is 13.8. The fourth-order valence-electron chi connectivity index (χ4n) is 1.79. The van der Waals surface area contributed by atoms with Crippen molar-refractivity contribution in [1.82, 2.24) is 0 Å². The van der Waals surface area contributed by atoms with Crippen LogP contribution in [-0.4, -0.2) is 14.2 Å². The van der Waals surface area contributed by atoms with E-state index in [2.05, 4.69) is 39.6 Å². The number of thiophene rings is 1. The summed E-state index contributed by atoms with van der Waals surface area (Å²) < 4.78 is 11.7. The lowest BCUT2D eigenvalue weighted by atomic mass is 10.2. The highest BCUT2D eigenvalue weighted by molar-refractivity contribution is 9.10. The lowest BCUT2D eigenvalue weighted by molar-refractivity contribution is 0.404. The highest BCUT2D eigenvalue weighted by atomic mass is 79.9. The fraction of sp³-hybridized carbons (Fsp3) is 0.286. The Bertz CT molecular complexity index is 556. The van der Waals surface area contributed by atoms with Crippen LogP contribution in [0.15, 0.2) is 34.1 Å². The van der Waals surface area contributed by atoms with Gasteiger partial charge in [-0.05, 0) is 41.1 Å². The van der Waals surface area contributed by atoms with Gasteiger partial charge >= 0.3 is 0 Å². The molecule has 0 aliphatic rings. The van der Waals surface area contributed by atoms with E-state index in [0.717, 1.165) is 21.7 Å². The van der Waals surface area contributed by atoms with Gasteiger partial charge in [0.15, 0.2) is 0 Å². The summed E-state index contributed by atoms with van der Waals surface area (Å²) in [4.78, 5) is 1.26. The molecule has 5 heteroatoms. The number of methoxy groups -OCH3 is 2. The molecule has 1 N–H and O–H groups in total. The lowest BCUT2D eigenvalue weighted by Gasteiger charge is -2.17. The molecule has 1 heterocycles. The highest BCUT2D eigenvalue weighted by Crippen LogP contribution is 2.33. The number of hydrogen-bond acceptors (Lipinski definition) is 4. The largest absolute Gasteiger partial charge is 0.497 e. The topological polar surface area (TPSA) is 30.5 Å². The Labute approximate surface area is 125 Å². The molecule has 2 rings (SSSR count). The SMILES string of the molecule is COc1ccc(OC)c(NC(C)c2cc(Br)cs2)c1. The van der Waals surface area contributed by atoms with Crippen molar-refractivity contribution in [2.45, 2.75) is 13.0 Å². The Balaban J connectivity index is 2.21. The van der Waals surface area contributed by atoms with Crippen LogP contribution in [0.1, 0.15) is 17.8 Å². The van der Waals surface area contributed by atoms with Crippen molar-refractivity contribution < 1.29 is 9.47 Å². The van der Waals surface area contributed by atoms with Crippen molar-refractivity contribution in [2.24, 2.45) is 0 Å². The van der Waals surface area contributed by atoms with Gasteiger partial charge in [0.1, 0.15) is 11.5 Å². The zero-order valence-corrected chi connectivity index (χ0v) is 13.5. The first kappa shape index (κ1) is 14.2. The van der Waals surface area contributed by atoms with Gasteiger partial charge in [-0.3, -0.25) is 0 Å². The molecule has 0 radical (unpaired) electrons. The van der Waals surface area contributed by atoms with Crippen LogP contribution in [0.3, 0.4) is 0 Å². The number of halogens is 1. The van der Waals surface area contributed by atoms with E-state index in [-0.39, 0.29) is 6.04 Å². The molecule has 1 unspecified atom stereocenters. The van der Waals surface area contributed by atoms with Crippen molar-refractivity contribution in [2.75, 3.05) is 19.5 Å². The summed E-state index contributed by atoms with van der Waals surface area (Å²) in [6.07, 6.45) is 0. The summed E-state index contributed by atoms with van der Waals surface area (Å²) in [7, 11) is 3.32. The molecular weight excluding hydrogens is 326 g/mol. The lowest BCUT2D eigenvalue weighted by Crippen LogP contribution is -2.06. The van der Waals surface area contributed by atoms with E-state index in [1.165, 1.54) is 4.88 Å². The summed E-state index contributed by atoms with van der Waals surface area (Å²) in [6, 6.07) is 8.05. The van der Waals surface area contributed by atoms with Gasteiger partial charge in [0.25, 0.3) is 0 Å². The van der Waals surface area contributed by atoms with Crippen molar-refractivity contribution >= 4 is 33.0 Å². The van der Waals surface area contributed by atoms with E-state index in [4.69, 9.17) is 9.47 Å². The Hall–Kier alpha value is -1.20. The summed E-state index contributed by atoms with van der Waals surface area (Å²) in [6.45, 7) is 2.12. The van der Waals surface area contributed by atoms with E-state index >= 15 is 0 Å². The third-order valence-corrected chi connectivity index (χ3v) is 4.67. The summed E-state index contributed by atoms with van der Waals surface area (Å²) in [5.41, 5.74) is 0.930. The van der Waals surface area contributed by atoms with Crippen molar-refractivity contribution in [3.8, 4) is 11.5 Å². The summed E-state index contributed by atoms with van der Waals surface area (Å²) in [5, 5.41) is 5.53. The summed E-state index contributed by atoms with van der Waals surface area (Å²) >= 11 is 5.19. The predicted molar refractivity (Wildman–Crippen MR) is 83.6 cm³/mol. The van der Waals surface area contributed by atoms with Crippen LogP contribution < -0.4 is 14.8 Å². The number of rotatable bonds is 5. The maximum Gasteiger partial charge on any atom is 0.142 e. The second-order valence-electron chi connectivity index (χ2n) is 4.10. The number of anilines is 1. The molecule has 1 aromatic heterocycles. The fourth-order valence-corrected chi connectivity index (χ4v) is 3.24.